The molecule has 144 valence electrons. The van der Waals surface area contributed by atoms with Crippen LogP contribution in [0.25, 0.3) is 0 Å². The van der Waals surface area contributed by atoms with Crippen LogP contribution < -0.4 is 11.0 Å². The number of carbonyl (C=O) groups excluding carboxylic acids is 2. The summed E-state index contributed by atoms with van der Waals surface area (Å²) in [4.78, 5) is 44.4. The zero-order chi connectivity index (χ0) is 19.1. The monoisotopic (exact) mass is 364 g/mol. The molecule has 1 aromatic rings. The maximum absolute atomic E-state index is 12.7. The van der Waals surface area contributed by atoms with Gasteiger partial charge in [-0.2, -0.15) is 4.98 Å². The summed E-state index contributed by atoms with van der Waals surface area (Å²) >= 11 is 0. The van der Waals surface area contributed by atoms with Crippen molar-refractivity contribution in [2.24, 2.45) is 0 Å². The van der Waals surface area contributed by atoms with Gasteiger partial charge in [0.2, 0.25) is 11.8 Å². The molecule has 1 aliphatic heterocycles. The molecule has 0 saturated carbocycles. The molecule has 1 aromatic heterocycles. The summed E-state index contributed by atoms with van der Waals surface area (Å²) < 4.78 is 5.46. The number of H-pyrrole nitrogens is 1. The van der Waals surface area contributed by atoms with Gasteiger partial charge in [0.05, 0.1) is 19.3 Å². The standard InChI is InChI=1S/C18H28N4O4/c1-4-7-19-16(23)10-14-11-26-9-8-22(14)17(24)6-5-15-12(2)20-18(25)21-13(15)3/h14H,4-11H2,1-3H3,(H,19,23)(H,20,21,25). The predicted octanol–water partition coefficient (Wildman–Crippen LogP) is 0.463. The van der Waals surface area contributed by atoms with Gasteiger partial charge in [-0.1, -0.05) is 6.92 Å². The van der Waals surface area contributed by atoms with E-state index in [9.17, 15) is 14.4 Å². The fourth-order valence-corrected chi connectivity index (χ4v) is 3.20. The first-order valence-electron chi connectivity index (χ1n) is 9.12. The van der Waals surface area contributed by atoms with E-state index in [1.807, 2.05) is 13.8 Å². The molecule has 2 rings (SSSR count). The first-order chi connectivity index (χ1) is 12.4. The summed E-state index contributed by atoms with van der Waals surface area (Å²) in [6.45, 7) is 7.57. The van der Waals surface area contributed by atoms with Crippen molar-refractivity contribution in [3.05, 3.63) is 27.4 Å². The average Bonchev–Trinajstić information content (AvgIpc) is 2.59. The Kier molecular flexibility index (Phi) is 7.32. The Morgan fingerprint density at radius 3 is 2.85 bits per heavy atom. The lowest BCUT2D eigenvalue weighted by Crippen LogP contribution is -2.50. The fraction of sp³-hybridized carbons (Fsp3) is 0.667. The molecule has 0 aliphatic carbocycles. The van der Waals surface area contributed by atoms with Gasteiger partial charge >= 0.3 is 5.69 Å². The number of aromatic amines is 1. The zero-order valence-electron chi connectivity index (χ0n) is 15.8. The molecule has 0 aromatic carbocycles. The van der Waals surface area contributed by atoms with Crippen LogP contribution in [0.5, 0.6) is 0 Å². The SMILES string of the molecule is CCCNC(=O)CC1COCCN1C(=O)CCc1c(C)nc(=O)[nH]c1C. The molecule has 1 fully saturated rings. The van der Waals surface area contributed by atoms with Crippen LogP contribution in [0, 0.1) is 13.8 Å². The highest BCUT2D eigenvalue weighted by Crippen LogP contribution is 2.15. The summed E-state index contributed by atoms with van der Waals surface area (Å²) in [6, 6.07) is -0.232. The smallest absolute Gasteiger partial charge is 0.345 e. The summed E-state index contributed by atoms with van der Waals surface area (Å²) in [5.41, 5.74) is 1.91. The molecule has 8 heteroatoms. The Hall–Kier alpha value is -2.22. The predicted molar refractivity (Wildman–Crippen MR) is 96.9 cm³/mol. The highest BCUT2D eigenvalue weighted by molar-refractivity contribution is 5.80. The molecule has 1 unspecified atom stereocenters. The zero-order valence-corrected chi connectivity index (χ0v) is 15.8. The Morgan fingerprint density at radius 1 is 1.38 bits per heavy atom. The Balaban J connectivity index is 1.98. The number of nitrogens with one attached hydrogen (secondary N) is 2. The molecular formula is C18H28N4O4. The molecule has 26 heavy (non-hydrogen) atoms. The molecule has 2 N–H and O–H groups in total. The fourth-order valence-electron chi connectivity index (χ4n) is 3.20. The molecule has 1 atom stereocenters. The minimum absolute atomic E-state index is 0.00779. The molecular weight excluding hydrogens is 336 g/mol. The minimum Gasteiger partial charge on any atom is -0.377 e. The molecule has 1 saturated heterocycles. The number of aromatic nitrogens is 2. The third-order valence-electron chi connectivity index (χ3n) is 4.58. The van der Waals surface area contributed by atoms with E-state index in [0.29, 0.717) is 44.8 Å². The van der Waals surface area contributed by atoms with Gasteiger partial charge < -0.3 is 19.9 Å². The first-order valence-corrected chi connectivity index (χ1v) is 9.12. The lowest BCUT2D eigenvalue weighted by molar-refractivity contribution is -0.141. The first kappa shape index (κ1) is 20.1. The van der Waals surface area contributed by atoms with Crippen molar-refractivity contribution in [1.29, 1.82) is 0 Å². The maximum atomic E-state index is 12.7. The van der Waals surface area contributed by atoms with Gasteiger partial charge in [0, 0.05) is 37.3 Å². The van der Waals surface area contributed by atoms with E-state index >= 15 is 0 Å². The van der Waals surface area contributed by atoms with Gasteiger partial charge in [0.1, 0.15) is 0 Å². The molecule has 8 nitrogen and oxygen atoms in total. The number of aryl methyl sites for hydroxylation is 2. The normalized spacial score (nSPS) is 17.2. The largest absolute Gasteiger partial charge is 0.377 e. The van der Waals surface area contributed by atoms with Gasteiger partial charge in [0.15, 0.2) is 0 Å². The van der Waals surface area contributed by atoms with E-state index in [2.05, 4.69) is 15.3 Å². The van der Waals surface area contributed by atoms with Crippen LogP contribution in [-0.4, -0.2) is 59.0 Å². The molecule has 2 heterocycles. The van der Waals surface area contributed by atoms with Crippen molar-refractivity contribution in [3.63, 3.8) is 0 Å². The summed E-state index contributed by atoms with van der Waals surface area (Å²) in [6.07, 6.45) is 1.94. The van der Waals surface area contributed by atoms with Crippen LogP contribution in [0.1, 0.15) is 43.1 Å². The molecule has 0 radical (unpaired) electrons. The lowest BCUT2D eigenvalue weighted by atomic mass is 10.0. The van der Waals surface area contributed by atoms with Crippen LogP contribution in [0.2, 0.25) is 0 Å². The number of ether oxygens (including phenoxy) is 1. The second-order valence-corrected chi connectivity index (χ2v) is 6.60. The number of morpholine rings is 1. The van der Waals surface area contributed by atoms with Crippen molar-refractivity contribution in [3.8, 4) is 0 Å². The van der Waals surface area contributed by atoms with Crippen molar-refractivity contribution in [2.75, 3.05) is 26.3 Å². The summed E-state index contributed by atoms with van der Waals surface area (Å²) in [5.74, 6) is -0.0664. The molecule has 1 aliphatic rings. The molecule has 2 amide bonds. The van der Waals surface area contributed by atoms with Crippen LogP contribution in [0.3, 0.4) is 0 Å². The number of hydrogen-bond donors (Lipinski definition) is 2. The summed E-state index contributed by atoms with van der Waals surface area (Å²) in [7, 11) is 0. The van der Waals surface area contributed by atoms with E-state index in [1.54, 1.807) is 11.8 Å². The van der Waals surface area contributed by atoms with Gasteiger partial charge in [-0.05, 0) is 32.3 Å². The van der Waals surface area contributed by atoms with Crippen molar-refractivity contribution < 1.29 is 14.3 Å². The van der Waals surface area contributed by atoms with Crippen LogP contribution in [0.4, 0.5) is 0 Å². The third-order valence-corrected chi connectivity index (χ3v) is 4.58. The van der Waals surface area contributed by atoms with Crippen LogP contribution >= 0.6 is 0 Å². The van der Waals surface area contributed by atoms with Gasteiger partial charge in [-0.15, -0.1) is 0 Å². The third kappa shape index (κ3) is 5.39. The van der Waals surface area contributed by atoms with Crippen LogP contribution in [0.15, 0.2) is 4.79 Å². The van der Waals surface area contributed by atoms with E-state index in [4.69, 9.17) is 4.74 Å². The van der Waals surface area contributed by atoms with Crippen molar-refractivity contribution >= 4 is 11.8 Å². The molecule has 0 bridgehead atoms. The summed E-state index contributed by atoms with van der Waals surface area (Å²) in [5, 5.41) is 2.84. The lowest BCUT2D eigenvalue weighted by Gasteiger charge is -2.35. The van der Waals surface area contributed by atoms with E-state index in [1.165, 1.54) is 0 Å². The van der Waals surface area contributed by atoms with Gasteiger partial charge in [-0.25, -0.2) is 4.79 Å². The van der Waals surface area contributed by atoms with E-state index in [0.717, 1.165) is 17.7 Å². The highest BCUT2D eigenvalue weighted by Gasteiger charge is 2.29. The van der Waals surface area contributed by atoms with Gasteiger partial charge in [-0.3, -0.25) is 9.59 Å². The number of nitrogens with zero attached hydrogens (tertiary/aromatic N) is 2. The maximum Gasteiger partial charge on any atom is 0.345 e. The van der Waals surface area contributed by atoms with Crippen molar-refractivity contribution in [2.45, 2.75) is 52.5 Å². The second-order valence-electron chi connectivity index (χ2n) is 6.60. The number of rotatable bonds is 7. The average molecular weight is 364 g/mol. The second kappa shape index (κ2) is 9.47. The van der Waals surface area contributed by atoms with Crippen molar-refractivity contribution in [1.82, 2.24) is 20.2 Å². The number of hydrogen-bond acceptors (Lipinski definition) is 5. The quantitative estimate of drug-likeness (QED) is 0.732. The van der Waals surface area contributed by atoms with E-state index in [-0.39, 0.29) is 30.0 Å². The van der Waals surface area contributed by atoms with Gasteiger partial charge in [0.25, 0.3) is 0 Å². The minimum atomic E-state index is -0.374. The number of amides is 2. The Bertz CT molecular complexity index is 675. The Labute approximate surface area is 153 Å². The highest BCUT2D eigenvalue weighted by atomic mass is 16.5. The molecule has 0 spiro atoms. The van der Waals surface area contributed by atoms with E-state index < -0.39 is 0 Å². The Morgan fingerprint density at radius 2 is 2.15 bits per heavy atom. The topological polar surface area (TPSA) is 104 Å². The van der Waals surface area contributed by atoms with Crippen LogP contribution in [-0.2, 0) is 20.7 Å². The number of carbonyl (C=O) groups is 2.